The van der Waals surface area contributed by atoms with Crippen LogP contribution in [0.3, 0.4) is 0 Å². The van der Waals surface area contributed by atoms with Gasteiger partial charge < -0.3 is 10.1 Å². The van der Waals surface area contributed by atoms with Gasteiger partial charge in [0.25, 0.3) is 5.91 Å². The number of carbonyl (C=O) groups is 1. The smallest absolute Gasteiger partial charge is 0.262 e. The van der Waals surface area contributed by atoms with Crippen LogP contribution in [0, 0.1) is 32.1 Å². The number of ether oxygens (including phenoxy) is 1. The van der Waals surface area contributed by atoms with E-state index in [-0.39, 0.29) is 12.5 Å². The van der Waals surface area contributed by atoms with Gasteiger partial charge in [-0.05, 0) is 55.7 Å². The molecule has 0 radical (unpaired) electrons. The van der Waals surface area contributed by atoms with Crippen LogP contribution < -0.4 is 10.1 Å². The molecule has 4 nitrogen and oxygen atoms in total. The van der Waals surface area contributed by atoms with E-state index in [2.05, 4.69) is 5.32 Å². The van der Waals surface area contributed by atoms with E-state index in [4.69, 9.17) is 10.00 Å². The molecule has 112 valence electrons. The number of nitrogens with one attached hydrogen (secondary N) is 1. The highest BCUT2D eigenvalue weighted by atomic mass is 16.5. The quantitative estimate of drug-likeness (QED) is 0.938. The summed E-state index contributed by atoms with van der Waals surface area (Å²) in [6.07, 6.45) is 0. The molecule has 0 unspecified atom stereocenters. The van der Waals surface area contributed by atoms with E-state index < -0.39 is 0 Å². The largest absolute Gasteiger partial charge is 0.483 e. The van der Waals surface area contributed by atoms with Crippen molar-refractivity contribution in [3.63, 3.8) is 0 Å². The lowest BCUT2D eigenvalue weighted by atomic mass is 10.1. The molecule has 0 atom stereocenters. The summed E-state index contributed by atoms with van der Waals surface area (Å²) in [7, 11) is 0. The second-order valence-corrected chi connectivity index (χ2v) is 5.18. The zero-order chi connectivity index (χ0) is 16.1. The Balaban J connectivity index is 2.02. The summed E-state index contributed by atoms with van der Waals surface area (Å²) in [6.45, 7) is 5.87. The Labute approximate surface area is 130 Å². The van der Waals surface area contributed by atoms with Crippen molar-refractivity contribution in [3.8, 4) is 11.8 Å². The highest BCUT2D eigenvalue weighted by Crippen LogP contribution is 2.25. The molecule has 0 fully saturated rings. The van der Waals surface area contributed by atoms with Gasteiger partial charge in [-0.15, -0.1) is 0 Å². The van der Waals surface area contributed by atoms with Crippen LogP contribution in [0.15, 0.2) is 36.4 Å². The molecule has 1 N–H and O–H groups in total. The van der Waals surface area contributed by atoms with Crippen LogP contribution in [-0.2, 0) is 4.79 Å². The van der Waals surface area contributed by atoms with E-state index in [1.54, 1.807) is 24.3 Å². The zero-order valence-electron chi connectivity index (χ0n) is 12.9. The predicted octanol–water partition coefficient (Wildman–Crippen LogP) is 3.50. The number of carbonyl (C=O) groups excluding carboxylic acids is 1. The van der Waals surface area contributed by atoms with Crippen molar-refractivity contribution in [1.82, 2.24) is 0 Å². The summed E-state index contributed by atoms with van der Waals surface area (Å²) in [4.78, 5) is 12.0. The third-order valence-corrected chi connectivity index (χ3v) is 3.50. The zero-order valence-corrected chi connectivity index (χ0v) is 12.9. The minimum atomic E-state index is -0.254. The average Bonchev–Trinajstić information content (AvgIpc) is 2.51. The molecule has 2 aromatic rings. The Bertz CT molecular complexity index is 745. The summed E-state index contributed by atoms with van der Waals surface area (Å²) in [5, 5.41) is 11.6. The molecule has 0 aliphatic heterocycles. The van der Waals surface area contributed by atoms with Gasteiger partial charge in [-0.25, -0.2) is 0 Å². The molecular weight excluding hydrogens is 276 g/mol. The summed E-state index contributed by atoms with van der Waals surface area (Å²) in [5.74, 6) is 0.497. The molecule has 0 aliphatic rings. The number of hydrogen-bond acceptors (Lipinski definition) is 3. The van der Waals surface area contributed by atoms with E-state index in [1.165, 1.54) is 0 Å². The van der Waals surface area contributed by atoms with Crippen molar-refractivity contribution < 1.29 is 9.53 Å². The number of hydrogen-bond donors (Lipinski definition) is 1. The molecule has 0 saturated heterocycles. The van der Waals surface area contributed by atoms with Crippen LogP contribution in [0.1, 0.15) is 22.3 Å². The van der Waals surface area contributed by atoms with E-state index in [0.29, 0.717) is 11.3 Å². The van der Waals surface area contributed by atoms with Crippen LogP contribution in [-0.4, -0.2) is 12.5 Å². The summed E-state index contributed by atoms with van der Waals surface area (Å²) >= 11 is 0. The first-order valence-electron chi connectivity index (χ1n) is 7.01. The maximum atomic E-state index is 12.0. The van der Waals surface area contributed by atoms with Crippen LogP contribution in [0.2, 0.25) is 0 Å². The SMILES string of the molecule is Cc1ccc(C)c(OCC(=O)Nc2cccc(C#N)c2)c1C. The van der Waals surface area contributed by atoms with Gasteiger partial charge in [0.05, 0.1) is 11.6 Å². The van der Waals surface area contributed by atoms with E-state index >= 15 is 0 Å². The molecule has 0 aliphatic carbocycles. The molecule has 22 heavy (non-hydrogen) atoms. The highest BCUT2D eigenvalue weighted by molar-refractivity contribution is 5.92. The number of benzene rings is 2. The van der Waals surface area contributed by atoms with Crippen molar-refractivity contribution in [2.24, 2.45) is 0 Å². The van der Waals surface area contributed by atoms with Crippen LogP contribution in [0.4, 0.5) is 5.69 Å². The molecule has 2 aromatic carbocycles. The monoisotopic (exact) mass is 294 g/mol. The topological polar surface area (TPSA) is 62.1 Å². The van der Waals surface area contributed by atoms with Gasteiger partial charge in [-0.3, -0.25) is 4.79 Å². The second kappa shape index (κ2) is 6.77. The Hall–Kier alpha value is -2.80. The Morgan fingerprint density at radius 1 is 1.18 bits per heavy atom. The number of amides is 1. The van der Waals surface area contributed by atoms with Crippen molar-refractivity contribution in [2.45, 2.75) is 20.8 Å². The number of nitriles is 1. The molecule has 4 heteroatoms. The molecule has 0 spiro atoms. The van der Waals surface area contributed by atoms with E-state index in [9.17, 15) is 4.79 Å². The maximum Gasteiger partial charge on any atom is 0.262 e. The lowest BCUT2D eigenvalue weighted by molar-refractivity contribution is -0.118. The maximum absolute atomic E-state index is 12.0. The minimum absolute atomic E-state index is 0.0675. The highest BCUT2D eigenvalue weighted by Gasteiger charge is 2.09. The van der Waals surface area contributed by atoms with Gasteiger partial charge in [0, 0.05) is 5.69 Å². The van der Waals surface area contributed by atoms with Crippen LogP contribution in [0.25, 0.3) is 0 Å². The Morgan fingerprint density at radius 2 is 1.91 bits per heavy atom. The number of aryl methyl sites for hydroxylation is 2. The fourth-order valence-corrected chi connectivity index (χ4v) is 2.15. The van der Waals surface area contributed by atoms with Crippen LogP contribution in [0.5, 0.6) is 5.75 Å². The van der Waals surface area contributed by atoms with Gasteiger partial charge in [0.1, 0.15) is 5.75 Å². The average molecular weight is 294 g/mol. The lowest BCUT2D eigenvalue weighted by Gasteiger charge is -2.14. The molecule has 2 rings (SSSR count). The molecule has 0 aromatic heterocycles. The van der Waals surface area contributed by atoms with Crippen LogP contribution >= 0.6 is 0 Å². The fraction of sp³-hybridized carbons (Fsp3) is 0.222. The Morgan fingerprint density at radius 3 is 2.64 bits per heavy atom. The van der Waals surface area contributed by atoms with E-state index in [0.717, 1.165) is 22.4 Å². The van der Waals surface area contributed by atoms with E-state index in [1.807, 2.05) is 39.0 Å². The van der Waals surface area contributed by atoms with Gasteiger partial charge in [0.2, 0.25) is 0 Å². The standard InChI is InChI=1S/C18H18N2O2/c1-12-7-8-13(2)18(14(12)3)22-11-17(21)20-16-6-4-5-15(9-16)10-19/h4-9H,11H2,1-3H3,(H,20,21). The second-order valence-electron chi connectivity index (χ2n) is 5.18. The number of anilines is 1. The first kappa shape index (κ1) is 15.6. The Kier molecular flexibility index (Phi) is 4.80. The summed E-state index contributed by atoms with van der Waals surface area (Å²) in [5.41, 5.74) is 4.26. The predicted molar refractivity (Wildman–Crippen MR) is 85.9 cm³/mol. The lowest BCUT2D eigenvalue weighted by Crippen LogP contribution is -2.20. The van der Waals surface area contributed by atoms with Crippen molar-refractivity contribution in [2.75, 3.05) is 11.9 Å². The van der Waals surface area contributed by atoms with Gasteiger partial charge in [-0.1, -0.05) is 18.2 Å². The van der Waals surface area contributed by atoms with Crippen molar-refractivity contribution in [1.29, 1.82) is 5.26 Å². The molecule has 0 bridgehead atoms. The first-order chi connectivity index (χ1) is 10.5. The fourth-order valence-electron chi connectivity index (χ4n) is 2.15. The van der Waals surface area contributed by atoms with Gasteiger partial charge in [0.15, 0.2) is 6.61 Å². The first-order valence-corrected chi connectivity index (χ1v) is 7.01. The third kappa shape index (κ3) is 3.64. The van der Waals surface area contributed by atoms with Gasteiger partial charge in [-0.2, -0.15) is 5.26 Å². The molecular formula is C18H18N2O2. The normalized spacial score (nSPS) is 9.91. The van der Waals surface area contributed by atoms with Gasteiger partial charge >= 0.3 is 0 Å². The molecule has 1 amide bonds. The van der Waals surface area contributed by atoms with Crippen molar-refractivity contribution in [3.05, 3.63) is 58.7 Å². The molecule has 0 saturated carbocycles. The number of nitrogens with zero attached hydrogens (tertiary/aromatic N) is 1. The summed E-state index contributed by atoms with van der Waals surface area (Å²) < 4.78 is 5.66. The minimum Gasteiger partial charge on any atom is -0.483 e. The third-order valence-electron chi connectivity index (χ3n) is 3.50. The number of rotatable bonds is 4. The molecule has 0 heterocycles. The summed E-state index contributed by atoms with van der Waals surface area (Å²) in [6, 6.07) is 12.8. The van der Waals surface area contributed by atoms with Crippen molar-refractivity contribution >= 4 is 11.6 Å².